The molecular formula is C15H16F3N3O2S. The predicted molar refractivity (Wildman–Crippen MR) is 83.4 cm³/mol. The molecule has 2 rings (SSSR count). The Morgan fingerprint density at radius 3 is 2.75 bits per heavy atom. The molecule has 0 saturated heterocycles. The number of nitrogens with one attached hydrogen (secondary N) is 1. The Bertz CT molecular complexity index is 690. The average Bonchev–Trinajstić information content (AvgIpc) is 3.06. The molecule has 1 N–H and O–H groups in total. The molecule has 24 heavy (non-hydrogen) atoms. The van der Waals surface area contributed by atoms with Crippen LogP contribution in [0.5, 0.6) is 0 Å². The molecule has 0 spiro atoms. The number of aromatic nitrogens is 2. The van der Waals surface area contributed by atoms with Crippen molar-refractivity contribution in [2.24, 2.45) is 0 Å². The molecule has 0 radical (unpaired) electrons. The maximum Gasteiger partial charge on any atom is 0.433 e. The fourth-order valence-corrected chi connectivity index (χ4v) is 2.40. The molecule has 0 saturated carbocycles. The molecule has 0 aliphatic heterocycles. The molecule has 1 atom stereocenters. The van der Waals surface area contributed by atoms with Crippen molar-refractivity contribution in [2.75, 3.05) is 5.75 Å². The highest BCUT2D eigenvalue weighted by Gasteiger charge is 2.34. The minimum absolute atomic E-state index is 0.000734. The topological polar surface area (TPSA) is 68.0 Å². The van der Waals surface area contributed by atoms with Crippen LogP contribution in [0.3, 0.4) is 0 Å². The van der Waals surface area contributed by atoms with Crippen molar-refractivity contribution >= 4 is 17.7 Å². The Balaban J connectivity index is 2.20. The number of carbonyl (C=O) groups is 1. The number of nitrogens with zero attached hydrogens (tertiary/aromatic N) is 2. The summed E-state index contributed by atoms with van der Waals surface area (Å²) >= 11 is 0.847. The summed E-state index contributed by atoms with van der Waals surface area (Å²) in [5.41, 5.74) is -1.05. The molecule has 1 amide bonds. The Hall–Kier alpha value is -2.03. The summed E-state index contributed by atoms with van der Waals surface area (Å²) in [6.07, 6.45) is -2.51. The van der Waals surface area contributed by atoms with Gasteiger partial charge in [0.2, 0.25) is 5.91 Å². The Labute approximate surface area is 141 Å². The molecule has 2 heterocycles. The van der Waals surface area contributed by atoms with Crippen LogP contribution in [0.15, 0.2) is 34.0 Å². The summed E-state index contributed by atoms with van der Waals surface area (Å²) < 4.78 is 44.1. The number of carbonyl (C=O) groups excluding carboxylic acids is 1. The lowest BCUT2D eigenvalue weighted by Gasteiger charge is -2.11. The second-order valence-electron chi connectivity index (χ2n) is 5.06. The van der Waals surface area contributed by atoms with Gasteiger partial charge in [0.15, 0.2) is 10.9 Å². The SMILES string of the molecule is CC[C@H](C)NC(=O)CSc1nc(-c2ccco2)cc(C(F)(F)F)n1. The molecule has 130 valence electrons. The van der Waals surface area contributed by atoms with E-state index in [1.54, 1.807) is 6.07 Å². The van der Waals surface area contributed by atoms with Crippen LogP contribution in [-0.4, -0.2) is 27.7 Å². The number of thioether (sulfide) groups is 1. The summed E-state index contributed by atoms with van der Waals surface area (Å²) in [7, 11) is 0. The Morgan fingerprint density at radius 1 is 1.42 bits per heavy atom. The molecule has 0 aliphatic rings. The largest absolute Gasteiger partial charge is 0.463 e. The zero-order chi connectivity index (χ0) is 17.7. The van der Waals surface area contributed by atoms with Crippen LogP contribution in [0.1, 0.15) is 26.0 Å². The van der Waals surface area contributed by atoms with E-state index in [1.165, 1.54) is 12.3 Å². The van der Waals surface area contributed by atoms with Gasteiger partial charge in [-0.3, -0.25) is 4.79 Å². The van der Waals surface area contributed by atoms with Gasteiger partial charge in [-0.2, -0.15) is 13.2 Å². The first-order chi connectivity index (χ1) is 11.3. The highest BCUT2D eigenvalue weighted by molar-refractivity contribution is 7.99. The van der Waals surface area contributed by atoms with Gasteiger partial charge in [0.25, 0.3) is 0 Å². The van der Waals surface area contributed by atoms with Gasteiger partial charge in [-0.25, -0.2) is 9.97 Å². The van der Waals surface area contributed by atoms with Crippen LogP contribution in [0.4, 0.5) is 13.2 Å². The van der Waals surface area contributed by atoms with Gasteiger partial charge < -0.3 is 9.73 Å². The lowest BCUT2D eigenvalue weighted by molar-refractivity contribution is -0.141. The number of furan rings is 1. The fraction of sp³-hybridized carbons (Fsp3) is 0.400. The van der Waals surface area contributed by atoms with Gasteiger partial charge in [0.1, 0.15) is 11.4 Å². The number of rotatable bonds is 6. The summed E-state index contributed by atoms with van der Waals surface area (Å²) in [5.74, 6) is -0.146. The Kier molecular flexibility index (Phi) is 5.87. The summed E-state index contributed by atoms with van der Waals surface area (Å²) in [6.45, 7) is 3.77. The third-order valence-corrected chi connectivity index (χ3v) is 3.97. The number of hydrogen-bond donors (Lipinski definition) is 1. The average molecular weight is 359 g/mol. The van der Waals surface area contributed by atoms with Gasteiger partial charge in [-0.05, 0) is 31.5 Å². The highest BCUT2D eigenvalue weighted by Crippen LogP contribution is 2.32. The molecule has 0 aliphatic carbocycles. The maximum absolute atomic E-state index is 13.0. The minimum atomic E-state index is -4.61. The van der Waals surface area contributed by atoms with E-state index in [1.807, 2.05) is 13.8 Å². The number of amides is 1. The van der Waals surface area contributed by atoms with Crippen LogP contribution in [0.2, 0.25) is 0 Å². The first kappa shape index (κ1) is 18.3. The number of halogens is 3. The van der Waals surface area contributed by atoms with Gasteiger partial charge in [0, 0.05) is 6.04 Å². The zero-order valence-corrected chi connectivity index (χ0v) is 13.9. The molecule has 2 aromatic rings. The molecule has 0 bridgehead atoms. The maximum atomic E-state index is 13.0. The van der Waals surface area contributed by atoms with Crippen molar-refractivity contribution < 1.29 is 22.4 Å². The van der Waals surface area contributed by atoms with E-state index < -0.39 is 11.9 Å². The fourth-order valence-electron chi connectivity index (χ4n) is 1.73. The quantitative estimate of drug-likeness (QED) is 0.628. The van der Waals surface area contributed by atoms with E-state index in [0.29, 0.717) is 0 Å². The lowest BCUT2D eigenvalue weighted by atomic mass is 10.2. The van der Waals surface area contributed by atoms with Crippen molar-refractivity contribution in [2.45, 2.75) is 37.6 Å². The summed E-state index contributed by atoms with van der Waals surface area (Å²) in [5, 5.41) is 2.60. The van der Waals surface area contributed by atoms with Crippen LogP contribution in [0.25, 0.3) is 11.5 Å². The van der Waals surface area contributed by atoms with Crippen LogP contribution < -0.4 is 5.32 Å². The van der Waals surface area contributed by atoms with Crippen molar-refractivity contribution in [3.63, 3.8) is 0 Å². The molecular weight excluding hydrogens is 343 g/mol. The summed E-state index contributed by atoms with van der Waals surface area (Å²) in [6, 6.07) is 3.88. The number of alkyl halides is 3. The molecule has 9 heteroatoms. The van der Waals surface area contributed by atoms with E-state index in [2.05, 4.69) is 15.3 Å². The molecule has 0 aromatic carbocycles. The minimum Gasteiger partial charge on any atom is -0.463 e. The second kappa shape index (κ2) is 7.69. The van der Waals surface area contributed by atoms with E-state index in [4.69, 9.17) is 4.42 Å². The third kappa shape index (κ3) is 4.98. The molecule has 5 nitrogen and oxygen atoms in total. The zero-order valence-electron chi connectivity index (χ0n) is 13.1. The van der Waals surface area contributed by atoms with Crippen LogP contribution in [-0.2, 0) is 11.0 Å². The van der Waals surface area contributed by atoms with E-state index in [-0.39, 0.29) is 34.3 Å². The van der Waals surface area contributed by atoms with Gasteiger partial charge in [-0.15, -0.1) is 0 Å². The monoisotopic (exact) mass is 359 g/mol. The first-order valence-corrected chi connectivity index (χ1v) is 8.20. The first-order valence-electron chi connectivity index (χ1n) is 7.22. The van der Waals surface area contributed by atoms with Gasteiger partial charge in [0.05, 0.1) is 12.0 Å². The van der Waals surface area contributed by atoms with Crippen molar-refractivity contribution in [1.29, 1.82) is 0 Å². The lowest BCUT2D eigenvalue weighted by Crippen LogP contribution is -2.33. The molecule has 2 aromatic heterocycles. The van der Waals surface area contributed by atoms with Crippen LogP contribution >= 0.6 is 11.8 Å². The van der Waals surface area contributed by atoms with E-state index >= 15 is 0 Å². The third-order valence-electron chi connectivity index (χ3n) is 3.12. The standard InChI is InChI=1S/C15H16F3N3O2S/c1-3-9(2)19-13(22)8-24-14-20-10(11-5-4-6-23-11)7-12(21-14)15(16,17)18/h4-7,9H,3,8H2,1-2H3,(H,19,22)/t9-/m0/s1. The highest BCUT2D eigenvalue weighted by atomic mass is 32.2. The number of hydrogen-bond acceptors (Lipinski definition) is 5. The molecule has 0 unspecified atom stereocenters. The smallest absolute Gasteiger partial charge is 0.433 e. The molecule has 0 fully saturated rings. The second-order valence-corrected chi connectivity index (χ2v) is 6.00. The Morgan fingerprint density at radius 2 is 2.17 bits per heavy atom. The predicted octanol–water partition coefficient (Wildman–Crippen LogP) is 3.76. The van der Waals surface area contributed by atoms with Crippen molar-refractivity contribution in [3.8, 4) is 11.5 Å². The van der Waals surface area contributed by atoms with Crippen LogP contribution in [0, 0.1) is 0 Å². The van der Waals surface area contributed by atoms with Crippen molar-refractivity contribution in [1.82, 2.24) is 15.3 Å². The van der Waals surface area contributed by atoms with Gasteiger partial charge >= 0.3 is 6.18 Å². The van der Waals surface area contributed by atoms with Crippen molar-refractivity contribution in [3.05, 3.63) is 30.2 Å². The normalized spacial score (nSPS) is 12.9. The summed E-state index contributed by atoms with van der Waals surface area (Å²) in [4.78, 5) is 19.3. The van der Waals surface area contributed by atoms with E-state index in [0.717, 1.165) is 24.2 Å². The van der Waals surface area contributed by atoms with E-state index in [9.17, 15) is 18.0 Å². The van der Waals surface area contributed by atoms with Gasteiger partial charge in [-0.1, -0.05) is 18.7 Å².